The number of hydrogen-bond acceptors (Lipinski definition) is 16. The fourth-order valence-electron chi connectivity index (χ4n) is 4.84. The van der Waals surface area contributed by atoms with Crippen molar-refractivity contribution in [3.63, 3.8) is 0 Å². The predicted molar refractivity (Wildman–Crippen MR) is 140 cm³/mol. The Kier molecular flexibility index (Phi) is 8.41. The Hall–Kier alpha value is -3.71. The third kappa shape index (κ3) is 5.67. The summed E-state index contributed by atoms with van der Waals surface area (Å²) in [7, 11) is 0. The first-order chi connectivity index (χ1) is 20.3. The van der Waals surface area contributed by atoms with Crippen LogP contribution >= 0.6 is 0 Å². The summed E-state index contributed by atoms with van der Waals surface area (Å²) in [5.41, 5.74) is -1.35. The van der Waals surface area contributed by atoms with Gasteiger partial charge < -0.3 is 74.4 Å². The van der Waals surface area contributed by atoms with Gasteiger partial charge in [0.15, 0.2) is 23.5 Å². The van der Waals surface area contributed by atoms with Gasteiger partial charge in [-0.05, 0) is 25.1 Å². The van der Waals surface area contributed by atoms with Crippen LogP contribution in [0.3, 0.4) is 0 Å². The van der Waals surface area contributed by atoms with Gasteiger partial charge in [-0.25, -0.2) is 0 Å². The molecule has 0 saturated carbocycles. The number of phenolic OH excluding ortho intramolecular Hbond substituents is 4. The molecule has 2 aliphatic heterocycles. The van der Waals surface area contributed by atoms with Crippen molar-refractivity contribution in [3.8, 4) is 40.1 Å². The van der Waals surface area contributed by atoms with E-state index in [0.29, 0.717) is 0 Å². The molecule has 3 aromatic rings. The van der Waals surface area contributed by atoms with Crippen molar-refractivity contribution >= 4 is 11.0 Å². The van der Waals surface area contributed by atoms with Gasteiger partial charge in [-0.3, -0.25) is 4.79 Å². The summed E-state index contributed by atoms with van der Waals surface area (Å²) in [5.74, 6) is -3.33. The van der Waals surface area contributed by atoms with Crippen molar-refractivity contribution in [1.29, 1.82) is 0 Å². The average molecular weight is 611 g/mol. The molecule has 5 rings (SSSR count). The molecule has 0 aliphatic carbocycles. The quantitative estimate of drug-likeness (QED) is 0.140. The molecule has 2 aromatic carbocycles. The van der Waals surface area contributed by atoms with Crippen LogP contribution in [-0.4, -0.2) is 119 Å². The smallest absolute Gasteiger partial charge is 0.239 e. The highest BCUT2D eigenvalue weighted by Crippen LogP contribution is 2.39. The molecule has 10 atom stereocenters. The van der Waals surface area contributed by atoms with Gasteiger partial charge in [0.2, 0.25) is 17.5 Å². The molecule has 2 saturated heterocycles. The third-order valence-corrected chi connectivity index (χ3v) is 7.29. The summed E-state index contributed by atoms with van der Waals surface area (Å²) in [4.78, 5) is 13.6. The zero-order chi connectivity index (χ0) is 31.3. The van der Waals surface area contributed by atoms with Gasteiger partial charge in [0.05, 0.1) is 12.7 Å². The van der Waals surface area contributed by atoms with Crippen LogP contribution in [0.25, 0.3) is 22.3 Å². The highest BCUT2D eigenvalue weighted by atomic mass is 16.7. The van der Waals surface area contributed by atoms with E-state index in [1.165, 1.54) is 13.0 Å². The molecular weight excluding hydrogens is 580 g/mol. The van der Waals surface area contributed by atoms with Crippen LogP contribution in [-0.2, 0) is 14.2 Å². The van der Waals surface area contributed by atoms with Gasteiger partial charge in [0.25, 0.3) is 0 Å². The summed E-state index contributed by atoms with van der Waals surface area (Å²) < 4.78 is 27.8. The average Bonchev–Trinajstić information content (AvgIpc) is 2.96. The maximum absolute atomic E-state index is 13.6. The topological polar surface area (TPSA) is 269 Å². The number of aliphatic hydroxyl groups excluding tert-OH is 6. The van der Waals surface area contributed by atoms with E-state index in [2.05, 4.69) is 0 Å². The van der Waals surface area contributed by atoms with Crippen LogP contribution in [0.2, 0.25) is 0 Å². The molecule has 10 N–H and O–H groups in total. The molecule has 2 aliphatic rings. The zero-order valence-corrected chi connectivity index (χ0v) is 22.3. The molecule has 0 unspecified atom stereocenters. The molecule has 16 heteroatoms. The van der Waals surface area contributed by atoms with E-state index in [4.69, 9.17) is 23.4 Å². The van der Waals surface area contributed by atoms with Gasteiger partial charge in [-0.1, -0.05) is 0 Å². The number of hydrogen-bond donors (Lipinski definition) is 10. The van der Waals surface area contributed by atoms with E-state index >= 15 is 0 Å². The van der Waals surface area contributed by atoms with Gasteiger partial charge in [0, 0.05) is 17.7 Å². The van der Waals surface area contributed by atoms with E-state index in [0.717, 1.165) is 24.3 Å². The SMILES string of the molecule is C[C@H]1O[C@H](OC[C@@H]2O[C@H](Oc3c(-c4ccc(O)c(O)c4)oc4cc(O)cc(O)c4c3=O)[C@@H](O)[C@H](O)[C@H]2O)[C@@H](O)[C@@H](O)[C@@H]1O. The maximum Gasteiger partial charge on any atom is 0.239 e. The van der Waals surface area contributed by atoms with Crippen LogP contribution in [0.5, 0.6) is 28.7 Å². The van der Waals surface area contributed by atoms with Crippen molar-refractivity contribution in [3.05, 3.63) is 40.6 Å². The van der Waals surface area contributed by atoms with Gasteiger partial charge >= 0.3 is 0 Å². The monoisotopic (exact) mass is 610 g/mol. The fourth-order valence-corrected chi connectivity index (χ4v) is 4.84. The Morgan fingerprint density at radius 2 is 1.42 bits per heavy atom. The van der Waals surface area contributed by atoms with E-state index in [1.54, 1.807) is 0 Å². The molecule has 234 valence electrons. The van der Waals surface area contributed by atoms with Crippen molar-refractivity contribution in [1.82, 2.24) is 0 Å². The number of phenols is 4. The fraction of sp³-hybridized carbons (Fsp3) is 0.444. The second kappa shape index (κ2) is 11.8. The lowest BCUT2D eigenvalue weighted by Crippen LogP contribution is -2.61. The first kappa shape index (κ1) is 30.7. The van der Waals surface area contributed by atoms with Crippen LogP contribution in [0.1, 0.15) is 6.92 Å². The molecule has 0 radical (unpaired) electrons. The van der Waals surface area contributed by atoms with Crippen molar-refractivity contribution in [2.45, 2.75) is 68.3 Å². The molecule has 0 amide bonds. The first-order valence-corrected chi connectivity index (χ1v) is 13.0. The minimum atomic E-state index is -1.97. The van der Waals surface area contributed by atoms with Gasteiger partial charge in [-0.2, -0.15) is 0 Å². The molecule has 0 bridgehead atoms. The maximum atomic E-state index is 13.6. The Bertz CT molecular complexity index is 1540. The summed E-state index contributed by atoms with van der Waals surface area (Å²) in [5, 5.41) is 101. The summed E-state index contributed by atoms with van der Waals surface area (Å²) in [6.45, 7) is 0.818. The second-order valence-corrected chi connectivity index (χ2v) is 10.3. The summed E-state index contributed by atoms with van der Waals surface area (Å²) in [6, 6.07) is 5.24. The van der Waals surface area contributed by atoms with Crippen LogP contribution < -0.4 is 10.2 Å². The normalized spacial score (nSPS) is 33.0. The Morgan fingerprint density at radius 1 is 0.744 bits per heavy atom. The second-order valence-electron chi connectivity index (χ2n) is 10.3. The molecule has 0 spiro atoms. The minimum Gasteiger partial charge on any atom is -0.508 e. The lowest BCUT2D eigenvalue weighted by molar-refractivity contribution is -0.318. The van der Waals surface area contributed by atoms with Crippen molar-refractivity contribution in [2.75, 3.05) is 6.61 Å². The molecule has 1 aromatic heterocycles. The number of benzene rings is 2. The number of aromatic hydroxyl groups is 4. The Morgan fingerprint density at radius 3 is 2.12 bits per heavy atom. The van der Waals surface area contributed by atoms with Gasteiger partial charge in [0.1, 0.15) is 65.2 Å². The lowest BCUT2D eigenvalue weighted by Gasteiger charge is -2.42. The van der Waals surface area contributed by atoms with E-state index in [-0.39, 0.29) is 11.1 Å². The summed E-state index contributed by atoms with van der Waals surface area (Å²) >= 11 is 0. The number of fused-ring (bicyclic) bond motifs is 1. The number of rotatable bonds is 6. The minimum absolute atomic E-state index is 0.0313. The molecule has 43 heavy (non-hydrogen) atoms. The number of aliphatic hydroxyl groups is 6. The Labute approximate surface area is 241 Å². The Balaban J connectivity index is 1.48. The molecule has 3 heterocycles. The van der Waals surface area contributed by atoms with E-state index in [9.17, 15) is 55.9 Å². The summed E-state index contributed by atoms with van der Waals surface area (Å²) in [6.07, 6.45) is -16.2. The standard InChI is InChI=1S/C27H30O16/c1-8-17(32)20(35)22(37)26(40-8)39-7-15-18(33)21(36)23(38)27(42-15)43-25-19(34)16-13(31)5-10(28)6-14(16)41-24(25)9-2-3-11(29)12(30)4-9/h2-6,8,15,17-18,20-23,26-33,35-38H,7H2,1H3/t8-,15+,17-,18+,20+,21-,22+,23+,26+,27-/m1/s1. The first-order valence-electron chi connectivity index (χ1n) is 13.0. The van der Waals surface area contributed by atoms with Crippen LogP contribution in [0.4, 0.5) is 0 Å². The zero-order valence-electron chi connectivity index (χ0n) is 22.3. The molecule has 16 nitrogen and oxygen atoms in total. The van der Waals surface area contributed by atoms with E-state index in [1.807, 2.05) is 0 Å². The van der Waals surface area contributed by atoms with Crippen molar-refractivity contribution in [2.24, 2.45) is 0 Å². The molecular formula is C27H30O16. The van der Waals surface area contributed by atoms with Crippen LogP contribution in [0.15, 0.2) is 39.5 Å². The lowest BCUT2D eigenvalue weighted by atomic mass is 9.98. The number of ether oxygens (including phenoxy) is 4. The highest BCUT2D eigenvalue weighted by Gasteiger charge is 2.47. The molecule has 2 fully saturated rings. The predicted octanol–water partition coefficient (Wildman–Crippen LogP) is -1.69. The highest BCUT2D eigenvalue weighted by molar-refractivity contribution is 5.88. The third-order valence-electron chi connectivity index (χ3n) is 7.29. The van der Waals surface area contributed by atoms with E-state index < -0.39 is 113 Å². The van der Waals surface area contributed by atoms with Gasteiger partial charge in [-0.15, -0.1) is 0 Å². The van der Waals surface area contributed by atoms with Crippen LogP contribution in [0, 0.1) is 0 Å². The van der Waals surface area contributed by atoms with Crippen molar-refractivity contribution < 1.29 is 74.4 Å². The largest absolute Gasteiger partial charge is 0.508 e.